The number of piperazine rings is 1. The second kappa shape index (κ2) is 11.5. The van der Waals surface area contributed by atoms with Crippen LogP contribution in [0.2, 0.25) is 5.02 Å². The summed E-state index contributed by atoms with van der Waals surface area (Å²) in [6.07, 6.45) is 4.04. The summed E-state index contributed by atoms with van der Waals surface area (Å²) in [6.45, 7) is 10.8. The summed E-state index contributed by atoms with van der Waals surface area (Å²) >= 11 is 6.83. The van der Waals surface area contributed by atoms with Crippen LogP contribution in [-0.2, 0) is 4.79 Å². The van der Waals surface area contributed by atoms with Crippen LogP contribution in [0, 0.1) is 12.7 Å². The van der Waals surface area contributed by atoms with Gasteiger partial charge in [-0.3, -0.25) is 9.78 Å². The van der Waals surface area contributed by atoms with E-state index in [0.29, 0.717) is 16.8 Å². The van der Waals surface area contributed by atoms with Gasteiger partial charge in [0.2, 0.25) is 5.91 Å². The molecule has 5 rings (SSSR count). The van der Waals surface area contributed by atoms with Gasteiger partial charge in [-0.2, -0.15) is 4.98 Å². The summed E-state index contributed by atoms with van der Waals surface area (Å²) in [5.41, 5.74) is 1.43. The first kappa shape index (κ1) is 25.3. The van der Waals surface area contributed by atoms with Crippen molar-refractivity contribution in [3.63, 3.8) is 0 Å². The number of carbonyl (C=O) groups excluding carboxylic acids is 1. The van der Waals surface area contributed by atoms with Crippen LogP contribution >= 0.6 is 11.6 Å². The highest BCUT2D eigenvalue weighted by Gasteiger charge is 2.30. The summed E-state index contributed by atoms with van der Waals surface area (Å²) in [7, 11) is 0. The maximum absolute atomic E-state index is 15.5. The lowest BCUT2D eigenvalue weighted by molar-refractivity contribution is -0.126. The van der Waals surface area contributed by atoms with Gasteiger partial charge in [-0.05, 0) is 55.2 Å². The molecule has 4 heterocycles. The van der Waals surface area contributed by atoms with Crippen molar-refractivity contribution in [2.45, 2.75) is 39.6 Å². The van der Waals surface area contributed by atoms with Gasteiger partial charge in [0.15, 0.2) is 5.65 Å². The number of pyridine rings is 2. The number of nitrogens with zero attached hydrogens (tertiary/aromatic N) is 6. The molecule has 1 amide bonds. The summed E-state index contributed by atoms with van der Waals surface area (Å²) in [5, 5.41) is 0.365. The highest BCUT2D eigenvalue weighted by molar-refractivity contribution is 6.34. The molecule has 0 radical (unpaired) electrons. The molecule has 0 bridgehead atoms. The van der Waals surface area contributed by atoms with Gasteiger partial charge in [0.05, 0.1) is 31.6 Å². The van der Waals surface area contributed by atoms with Crippen molar-refractivity contribution >= 4 is 40.4 Å². The second-order valence-electron chi connectivity index (χ2n) is 10.5. The van der Waals surface area contributed by atoms with Gasteiger partial charge in [0, 0.05) is 37.4 Å². The highest BCUT2D eigenvalue weighted by atomic mass is 35.5. The van der Waals surface area contributed by atoms with E-state index in [9.17, 15) is 9.59 Å². The number of hydrogen-bond donors (Lipinski definition) is 0. The first-order chi connectivity index (χ1) is 21.2. The number of rotatable bonds is 6. The largest absolute Gasteiger partial charge is 0.355 e. The van der Waals surface area contributed by atoms with Crippen LogP contribution in [-0.4, -0.2) is 56.0 Å². The monoisotopic (exact) mass is 589 g/mol. The number of benzene rings is 1. The summed E-state index contributed by atoms with van der Waals surface area (Å²) in [4.78, 5) is 43.5. The summed E-state index contributed by atoms with van der Waals surface area (Å²) in [6, 6.07) is 6.15. The number of amides is 1. The van der Waals surface area contributed by atoms with E-state index in [2.05, 4.69) is 16.5 Å². The normalized spacial score (nSPS) is 18.0. The number of hydrogen-bond acceptors (Lipinski definition) is 6. The fourth-order valence-electron chi connectivity index (χ4n) is 5.34. The van der Waals surface area contributed by atoms with Crippen LogP contribution in [0.3, 0.4) is 0 Å². The van der Waals surface area contributed by atoms with Gasteiger partial charge in [-0.25, -0.2) is 18.7 Å². The molecule has 42 heavy (non-hydrogen) atoms. The van der Waals surface area contributed by atoms with Gasteiger partial charge >= 0.3 is 5.69 Å². The zero-order valence-corrected chi connectivity index (χ0v) is 24.5. The third kappa shape index (κ3) is 4.98. The van der Waals surface area contributed by atoms with Crippen molar-refractivity contribution in [3.05, 3.63) is 93.9 Å². The number of fused-ring (bicyclic) bond motifs is 1. The molecule has 8 nitrogen and oxygen atoms in total. The van der Waals surface area contributed by atoms with Crippen molar-refractivity contribution in [2.75, 3.05) is 24.5 Å². The second-order valence-corrected chi connectivity index (χ2v) is 10.9. The average molecular weight is 590 g/mol. The Morgan fingerprint density at radius 1 is 1.29 bits per heavy atom. The Morgan fingerprint density at radius 3 is 2.76 bits per heavy atom. The quantitative estimate of drug-likeness (QED) is 0.259. The van der Waals surface area contributed by atoms with Crippen LogP contribution < -0.4 is 10.6 Å². The van der Waals surface area contributed by atoms with Crippen LogP contribution in [0.15, 0.2) is 60.5 Å². The maximum Gasteiger partial charge on any atom is 0.355 e. The molecule has 0 saturated carbocycles. The predicted molar refractivity (Wildman–Crippen MR) is 166 cm³/mol. The molecule has 216 valence electrons. The van der Waals surface area contributed by atoms with Crippen LogP contribution in [0.5, 0.6) is 0 Å². The zero-order chi connectivity index (χ0) is 32.8. The molecule has 1 atom stereocenters. The number of carbonyl (C=O) groups is 1. The third-order valence-corrected chi connectivity index (χ3v) is 7.67. The van der Waals surface area contributed by atoms with Crippen molar-refractivity contribution in [1.82, 2.24) is 24.4 Å². The lowest BCUT2D eigenvalue weighted by Gasteiger charge is -2.40. The molecule has 1 saturated heterocycles. The van der Waals surface area contributed by atoms with Crippen molar-refractivity contribution in [2.24, 2.45) is 0 Å². The predicted octanol–water partition coefficient (Wildman–Crippen LogP) is 5.93. The van der Waals surface area contributed by atoms with Crippen LogP contribution in [0.1, 0.15) is 47.6 Å². The Hall–Kier alpha value is -4.37. The van der Waals surface area contributed by atoms with E-state index in [1.807, 2.05) is 20.8 Å². The van der Waals surface area contributed by atoms with E-state index in [0.717, 1.165) is 5.56 Å². The molecule has 4 aromatic rings. The van der Waals surface area contributed by atoms with E-state index in [1.165, 1.54) is 39.8 Å². The highest BCUT2D eigenvalue weighted by Crippen LogP contribution is 2.37. The van der Waals surface area contributed by atoms with Gasteiger partial charge in [-0.15, -0.1) is 0 Å². The lowest BCUT2D eigenvalue weighted by Crippen LogP contribution is -2.54. The molecule has 1 aromatic carbocycles. The Labute approximate surface area is 253 Å². The fraction of sp³-hybridized carbons (Fsp3) is 0.281. The van der Waals surface area contributed by atoms with E-state index >= 15 is 4.39 Å². The Morgan fingerprint density at radius 2 is 2.07 bits per heavy atom. The smallest absolute Gasteiger partial charge is 0.350 e. The van der Waals surface area contributed by atoms with E-state index < -0.39 is 24.1 Å². The maximum atomic E-state index is 15.5. The molecular formula is C32H32ClFN6O2. The van der Waals surface area contributed by atoms with Crippen LogP contribution in [0.25, 0.3) is 34.1 Å². The topological polar surface area (TPSA) is 84.2 Å². The minimum Gasteiger partial charge on any atom is -0.350 e. The molecule has 0 unspecified atom stereocenters. The molecule has 0 aliphatic carbocycles. The van der Waals surface area contributed by atoms with Gasteiger partial charge in [0.25, 0.3) is 0 Å². The standard InChI is InChI=1S/C32H32ClFN6O2/c1-7-21-10-9-11-24(34)26(21)28-23(33)16-22-30(39-15-14-38(17-20(39)6)25(41)8-2)37-32(42)40(31(22)36-28)29-19(5)12-13-35-27(29)18(3)4/h7-13,16,18,20H,1-2,14-15,17H2,3-6H3/t20-/m0/s1/i1D2,20D. The first-order valence-corrected chi connectivity index (χ1v) is 13.8. The average Bonchev–Trinajstić information content (AvgIpc) is 2.96. The molecule has 1 aliphatic rings. The molecular weight excluding hydrogens is 555 g/mol. The third-order valence-electron chi connectivity index (χ3n) is 7.38. The Kier molecular flexibility index (Phi) is 6.93. The molecule has 1 fully saturated rings. The molecule has 0 N–H and O–H groups in total. The fourth-order valence-corrected chi connectivity index (χ4v) is 5.59. The summed E-state index contributed by atoms with van der Waals surface area (Å²) < 4.78 is 41.3. The van der Waals surface area contributed by atoms with E-state index in [4.69, 9.17) is 20.7 Å². The number of aromatic nitrogens is 4. The molecule has 1 aliphatic heterocycles. The minimum atomic E-state index is -1.39. The van der Waals surface area contributed by atoms with E-state index in [-0.39, 0.29) is 64.8 Å². The van der Waals surface area contributed by atoms with Gasteiger partial charge < -0.3 is 9.80 Å². The van der Waals surface area contributed by atoms with Crippen molar-refractivity contribution in [1.29, 1.82) is 0 Å². The SMILES string of the molecule is [2H]C([2H])=Cc1cccc(F)c1-c1nc2c(cc1Cl)c(N1CCN(C(=O)C=C)C[C@]1([2H])C)nc(=O)n2-c1c(C)ccnc1C(C)C. The molecule has 10 heteroatoms. The van der Waals surface area contributed by atoms with Gasteiger partial charge in [0.1, 0.15) is 11.6 Å². The minimum absolute atomic E-state index is 0.00254. The van der Waals surface area contributed by atoms with Crippen LogP contribution in [0.4, 0.5) is 10.2 Å². The molecule has 0 spiro atoms. The van der Waals surface area contributed by atoms with Crippen molar-refractivity contribution < 1.29 is 13.3 Å². The zero-order valence-electron chi connectivity index (χ0n) is 26.8. The summed E-state index contributed by atoms with van der Waals surface area (Å²) in [5.74, 6) is -0.918. The lowest BCUT2D eigenvalue weighted by atomic mass is 10.0. The van der Waals surface area contributed by atoms with Gasteiger partial charge in [-0.1, -0.05) is 56.8 Å². The van der Waals surface area contributed by atoms with Crippen molar-refractivity contribution in [3.8, 4) is 16.9 Å². The molecule has 3 aromatic heterocycles. The van der Waals surface area contributed by atoms with E-state index in [1.54, 1.807) is 30.2 Å². The Balaban J connectivity index is 1.88. The number of halogens is 2. The Bertz CT molecular complexity index is 1940. The first-order valence-electron chi connectivity index (χ1n) is 15.0. The number of aryl methyl sites for hydroxylation is 1. The number of anilines is 1.